The number of furan rings is 1. The van der Waals surface area contributed by atoms with E-state index in [-0.39, 0.29) is 6.61 Å². The maximum Gasteiger partial charge on any atom is 0.277 e. The Bertz CT molecular complexity index is 1080. The molecule has 1 amide bonds. The van der Waals surface area contributed by atoms with Gasteiger partial charge in [-0.15, -0.1) is 0 Å². The van der Waals surface area contributed by atoms with E-state index < -0.39 is 5.91 Å². The maximum absolute atomic E-state index is 11.8. The molecule has 9 heteroatoms. The summed E-state index contributed by atoms with van der Waals surface area (Å²) in [5.74, 6) is 1.02. The van der Waals surface area contributed by atoms with Crippen LogP contribution in [0.5, 0.6) is 5.75 Å². The molecule has 0 aliphatic heterocycles. The van der Waals surface area contributed by atoms with Crippen molar-refractivity contribution >= 4 is 58.5 Å². The van der Waals surface area contributed by atoms with Crippen molar-refractivity contribution in [3.63, 3.8) is 0 Å². The van der Waals surface area contributed by atoms with E-state index in [0.717, 1.165) is 5.56 Å². The number of nitrogens with zero attached hydrogens (tertiary/aromatic N) is 1. The lowest BCUT2D eigenvalue weighted by Crippen LogP contribution is -2.24. The van der Waals surface area contributed by atoms with E-state index in [9.17, 15) is 4.79 Å². The predicted molar refractivity (Wildman–Crippen MR) is 117 cm³/mol. The molecule has 0 unspecified atom stereocenters. The monoisotopic (exact) mass is 470 g/mol. The van der Waals surface area contributed by atoms with Gasteiger partial charge >= 0.3 is 0 Å². The Balaban J connectivity index is 1.56. The zero-order valence-corrected chi connectivity index (χ0v) is 18.0. The van der Waals surface area contributed by atoms with Crippen LogP contribution in [0.15, 0.2) is 52.0 Å². The van der Waals surface area contributed by atoms with Crippen LogP contribution in [0.25, 0.3) is 11.3 Å². The molecule has 1 heterocycles. The lowest BCUT2D eigenvalue weighted by Gasteiger charge is -2.06. The summed E-state index contributed by atoms with van der Waals surface area (Å²) in [5.41, 5.74) is 3.81. The zero-order valence-electron chi connectivity index (χ0n) is 15.0. The van der Waals surface area contributed by atoms with Crippen molar-refractivity contribution in [2.45, 2.75) is 6.92 Å². The quantitative estimate of drug-likeness (QED) is 0.257. The Morgan fingerprint density at radius 3 is 2.55 bits per heavy atom. The van der Waals surface area contributed by atoms with Gasteiger partial charge in [0.25, 0.3) is 5.91 Å². The highest BCUT2D eigenvalue weighted by Gasteiger charge is 2.11. The minimum Gasteiger partial charge on any atom is -0.484 e. The number of benzene rings is 2. The highest BCUT2D eigenvalue weighted by molar-refractivity contribution is 6.44. The lowest BCUT2D eigenvalue weighted by molar-refractivity contribution is -0.123. The van der Waals surface area contributed by atoms with Crippen LogP contribution >= 0.6 is 46.4 Å². The number of hydrogen-bond donors (Lipinski definition) is 1. The van der Waals surface area contributed by atoms with E-state index in [0.29, 0.717) is 42.9 Å². The fourth-order valence-corrected chi connectivity index (χ4v) is 3.09. The zero-order chi connectivity index (χ0) is 21.0. The standard InChI is InChI=1S/C20H14Cl4N2O3/c1-11-6-12(2-4-15(11)21)28-10-20(27)26-25-9-13-3-5-19(29-13)14-7-17(23)18(24)8-16(14)22/h2-9H,10H2,1H3,(H,26,27)/b25-9-. The number of ether oxygens (including phenoxy) is 1. The Morgan fingerprint density at radius 1 is 1.03 bits per heavy atom. The summed E-state index contributed by atoms with van der Waals surface area (Å²) in [6, 6.07) is 11.7. The van der Waals surface area contributed by atoms with Crippen LogP contribution in [0.1, 0.15) is 11.3 Å². The predicted octanol–water partition coefficient (Wildman–Crippen LogP) is 6.40. The van der Waals surface area contributed by atoms with E-state index in [1.54, 1.807) is 42.5 Å². The van der Waals surface area contributed by atoms with Crippen LogP contribution in [0.3, 0.4) is 0 Å². The maximum atomic E-state index is 11.8. The number of carbonyl (C=O) groups excluding carboxylic acids is 1. The molecule has 2 aromatic carbocycles. The number of carbonyl (C=O) groups is 1. The molecule has 150 valence electrons. The molecular weight excluding hydrogens is 458 g/mol. The Hall–Kier alpha value is -2.18. The summed E-state index contributed by atoms with van der Waals surface area (Å²) in [6.45, 7) is 1.66. The van der Waals surface area contributed by atoms with Crippen molar-refractivity contribution in [3.05, 3.63) is 73.9 Å². The molecule has 0 aliphatic carbocycles. The summed E-state index contributed by atoms with van der Waals surface area (Å²) in [7, 11) is 0. The summed E-state index contributed by atoms with van der Waals surface area (Å²) in [4.78, 5) is 11.8. The summed E-state index contributed by atoms with van der Waals surface area (Å²) in [5, 5.41) is 5.60. The first-order valence-corrected chi connectivity index (χ1v) is 9.80. The fraction of sp³-hybridized carbons (Fsp3) is 0.100. The van der Waals surface area contributed by atoms with E-state index in [4.69, 9.17) is 55.6 Å². The molecule has 0 saturated heterocycles. The van der Waals surface area contributed by atoms with Crippen LogP contribution in [-0.4, -0.2) is 18.7 Å². The first-order chi connectivity index (χ1) is 13.8. The molecule has 1 N–H and O–H groups in total. The van der Waals surface area contributed by atoms with Gasteiger partial charge < -0.3 is 9.15 Å². The second-order valence-corrected chi connectivity index (χ2v) is 7.57. The van der Waals surface area contributed by atoms with Crippen molar-refractivity contribution in [2.75, 3.05) is 6.61 Å². The van der Waals surface area contributed by atoms with Gasteiger partial charge in [-0.25, -0.2) is 5.43 Å². The van der Waals surface area contributed by atoms with Crippen molar-refractivity contribution < 1.29 is 13.9 Å². The van der Waals surface area contributed by atoms with E-state index in [1.807, 2.05) is 6.92 Å². The van der Waals surface area contributed by atoms with Crippen LogP contribution in [-0.2, 0) is 4.79 Å². The molecule has 0 atom stereocenters. The van der Waals surface area contributed by atoms with Gasteiger partial charge in [-0.1, -0.05) is 46.4 Å². The molecular formula is C20H14Cl4N2O3. The number of halogens is 4. The van der Waals surface area contributed by atoms with Gasteiger partial charge in [0.05, 0.1) is 21.3 Å². The minimum atomic E-state index is -0.423. The van der Waals surface area contributed by atoms with Crippen molar-refractivity contribution in [3.8, 4) is 17.1 Å². The highest BCUT2D eigenvalue weighted by Crippen LogP contribution is 2.35. The molecule has 0 radical (unpaired) electrons. The van der Waals surface area contributed by atoms with Crippen molar-refractivity contribution in [2.24, 2.45) is 5.10 Å². The van der Waals surface area contributed by atoms with Gasteiger partial charge in [-0.05, 0) is 55.0 Å². The Kier molecular flexibility index (Phi) is 7.09. The van der Waals surface area contributed by atoms with Gasteiger partial charge in [-0.2, -0.15) is 5.10 Å². The number of amides is 1. The van der Waals surface area contributed by atoms with Gasteiger partial charge in [-0.3, -0.25) is 4.79 Å². The number of aryl methyl sites for hydroxylation is 1. The molecule has 3 rings (SSSR count). The molecule has 5 nitrogen and oxygen atoms in total. The molecule has 3 aromatic rings. The SMILES string of the molecule is Cc1cc(OCC(=O)N/N=C\c2ccc(-c3cc(Cl)c(Cl)cc3Cl)o2)ccc1Cl. The second-order valence-electron chi connectivity index (χ2n) is 5.94. The van der Waals surface area contributed by atoms with Gasteiger partial charge in [0.2, 0.25) is 0 Å². The molecule has 0 spiro atoms. The average molecular weight is 472 g/mol. The van der Waals surface area contributed by atoms with Crippen LogP contribution in [0, 0.1) is 6.92 Å². The number of nitrogens with one attached hydrogen (secondary N) is 1. The third-order valence-electron chi connectivity index (χ3n) is 3.78. The molecule has 0 aliphatic rings. The Morgan fingerprint density at radius 2 is 1.79 bits per heavy atom. The fourth-order valence-electron chi connectivity index (χ4n) is 2.33. The summed E-state index contributed by atoms with van der Waals surface area (Å²) >= 11 is 24.1. The van der Waals surface area contributed by atoms with Crippen molar-refractivity contribution in [1.82, 2.24) is 5.43 Å². The van der Waals surface area contributed by atoms with Crippen molar-refractivity contribution in [1.29, 1.82) is 0 Å². The number of hydrazone groups is 1. The first kappa shape index (κ1) is 21.5. The smallest absolute Gasteiger partial charge is 0.277 e. The molecule has 0 bridgehead atoms. The first-order valence-electron chi connectivity index (χ1n) is 8.29. The minimum absolute atomic E-state index is 0.194. The molecule has 0 fully saturated rings. The van der Waals surface area contributed by atoms with Crippen LogP contribution in [0.4, 0.5) is 0 Å². The largest absolute Gasteiger partial charge is 0.484 e. The topological polar surface area (TPSA) is 63.8 Å². The second kappa shape index (κ2) is 9.55. The molecule has 0 saturated carbocycles. The van der Waals surface area contributed by atoms with E-state index >= 15 is 0 Å². The van der Waals surface area contributed by atoms with Crippen LogP contribution in [0.2, 0.25) is 20.1 Å². The Labute approximate surface area is 187 Å². The van der Waals surface area contributed by atoms with E-state index in [1.165, 1.54) is 6.21 Å². The van der Waals surface area contributed by atoms with Crippen LogP contribution < -0.4 is 10.2 Å². The molecule has 1 aromatic heterocycles. The third kappa shape index (κ3) is 5.67. The summed E-state index contributed by atoms with van der Waals surface area (Å²) < 4.78 is 11.0. The molecule has 29 heavy (non-hydrogen) atoms. The van der Waals surface area contributed by atoms with E-state index in [2.05, 4.69) is 10.5 Å². The highest BCUT2D eigenvalue weighted by atomic mass is 35.5. The number of hydrogen-bond acceptors (Lipinski definition) is 4. The van der Waals surface area contributed by atoms with Gasteiger partial charge in [0.15, 0.2) is 6.61 Å². The third-order valence-corrected chi connectivity index (χ3v) is 5.24. The lowest BCUT2D eigenvalue weighted by atomic mass is 10.2. The van der Waals surface area contributed by atoms with Gasteiger partial charge in [0, 0.05) is 10.6 Å². The average Bonchev–Trinajstić information content (AvgIpc) is 3.14. The normalized spacial score (nSPS) is 11.1. The number of rotatable bonds is 6. The van der Waals surface area contributed by atoms with Gasteiger partial charge in [0.1, 0.15) is 17.3 Å². The summed E-state index contributed by atoms with van der Waals surface area (Å²) in [6.07, 6.45) is 1.36.